The Labute approximate surface area is 177 Å². The number of pyridine rings is 1. The van der Waals surface area contributed by atoms with Gasteiger partial charge in [-0.3, -0.25) is 9.98 Å². The van der Waals surface area contributed by atoms with E-state index in [1.54, 1.807) is 19.1 Å². The summed E-state index contributed by atoms with van der Waals surface area (Å²) >= 11 is 6.57. The normalized spacial score (nSPS) is 20.1. The van der Waals surface area contributed by atoms with E-state index in [-0.39, 0.29) is 23.0 Å². The number of aromatic amines is 1. The van der Waals surface area contributed by atoms with Crippen molar-refractivity contribution in [3.63, 3.8) is 0 Å². The van der Waals surface area contributed by atoms with Crippen LogP contribution in [-0.4, -0.2) is 31.4 Å². The second-order valence-electron chi connectivity index (χ2n) is 7.64. The van der Waals surface area contributed by atoms with Crippen LogP contribution < -0.4 is 15.6 Å². The summed E-state index contributed by atoms with van der Waals surface area (Å²) in [6, 6.07) is 8.90. The topological polar surface area (TPSA) is 100 Å². The molecule has 3 aromatic rings. The maximum atomic E-state index is 11.3. The predicted molar refractivity (Wildman–Crippen MR) is 111 cm³/mol. The van der Waals surface area contributed by atoms with Crippen LogP contribution in [0.1, 0.15) is 52.0 Å². The monoisotopic (exact) mass is 422 g/mol. The van der Waals surface area contributed by atoms with Gasteiger partial charge in [-0.15, -0.1) is 11.6 Å². The SMILES string of the molecule is Cc1ccc(Oc2nc3c([nH]2)=CC(Cl)C(c2ccc(C4CC4)nc2)N=3)cc1C(=O)O. The fourth-order valence-electron chi connectivity index (χ4n) is 3.55. The van der Waals surface area contributed by atoms with Crippen molar-refractivity contribution in [2.24, 2.45) is 4.99 Å². The van der Waals surface area contributed by atoms with Crippen molar-refractivity contribution in [2.45, 2.75) is 37.1 Å². The smallest absolute Gasteiger partial charge is 0.336 e. The molecule has 1 saturated carbocycles. The van der Waals surface area contributed by atoms with Crippen LogP contribution in [0.25, 0.3) is 6.08 Å². The van der Waals surface area contributed by atoms with Crippen molar-refractivity contribution < 1.29 is 14.6 Å². The van der Waals surface area contributed by atoms with Gasteiger partial charge in [0.25, 0.3) is 0 Å². The van der Waals surface area contributed by atoms with Gasteiger partial charge in [0.1, 0.15) is 5.75 Å². The molecule has 0 saturated heterocycles. The number of halogens is 1. The van der Waals surface area contributed by atoms with Gasteiger partial charge < -0.3 is 14.8 Å². The van der Waals surface area contributed by atoms with E-state index in [2.05, 4.69) is 26.0 Å². The molecule has 0 spiro atoms. The van der Waals surface area contributed by atoms with Gasteiger partial charge in [-0.25, -0.2) is 4.79 Å². The van der Waals surface area contributed by atoms with Crippen LogP contribution in [-0.2, 0) is 0 Å². The Hall–Kier alpha value is -3.19. The van der Waals surface area contributed by atoms with Crippen LogP contribution in [0.2, 0.25) is 0 Å². The Kier molecular flexibility index (Phi) is 4.55. The van der Waals surface area contributed by atoms with E-state index < -0.39 is 5.97 Å². The summed E-state index contributed by atoms with van der Waals surface area (Å²) in [5.41, 5.74) is 3.41. The lowest BCUT2D eigenvalue weighted by Gasteiger charge is -2.17. The van der Waals surface area contributed by atoms with E-state index >= 15 is 0 Å². The number of nitrogens with one attached hydrogen (secondary N) is 1. The van der Waals surface area contributed by atoms with E-state index in [4.69, 9.17) is 16.3 Å². The molecule has 3 heterocycles. The number of aromatic nitrogens is 3. The van der Waals surface area contributed by atoms with Gasteiger partial charge in [0.2, 0.25) is 0 Å². The fraction of sp³-hybridized carbons (Fsp3) is 0.273. The molecule has 1 fully saturated rings. The van der Waals surface area contributed by atoms with E-state index in [0.29, 0.717) is 28.1 Å². The number of hydrogen-bond donors (Lipinski definition) is 2. The second kappa shape index (κ2) is 7.25. The van der Waals surface area contributed by atoms with Gasteiger partial charge in [0.15, 0.2) is 5.49 Å². The standard InChI is InChI=1S/C22H19ClN4O3/c1-11-2-6-14(8-15(11)21(28)29)30-22-25-18-9-16(23)19(26-20(18)27-22)13-5-7-17(24-10-13)12-3-4-12/h2,5-10,12,16,19H,3-4H2,1H3,(H,28,29)(H,25,26,27). The summed E-state index contributed by atoms with van der Waals surface area (Å²) in [7, 11) is 0. The zero-order valence-electron chi connectivity index (χ0n) is 16.2. The van der Waals surface area contributed by atoms with Gasteiger partial charge in [-0.05, 0) is 55.2 Å². The third-order valence-electron chi connectivity index (χ3n) is 5.38. The minimum absolute atomic E-state index is 0.183. The summed E-state index contributed by atoms with van der Waals surface area (Å²) in [5.74, 6) is -0.0288. The molecular formula is C22H19ClN4O3. The average molecular weight is 423 g/mol. The van der Waals surface area contributed by atoms with Crippen LogP contribution in [0.15, 0.2) is 41.5 Å². The Balaban J connectivity index is 1.43. The lowest BCUT2D eigenvalue weighted by Crippen LogP contribution is -2.33. The zero-order valence-corrected chi connectivity index (χ0v) is 16.9. The van der Waals surface area contributed by atoms with Crippen LogP contribution in [0.3, 0.4) is 0 Å². The number of imidazole rings is 1. The first kappa shape index (κ1) is 18.8. The molecule has 1 aliphatic carbocycles. The van der Waals surface area contributed by atoms with Gasteiger partial charge in [-0.2, -0.15) is 4.98 Å². The lowest BCUT2D eigenvalue weighted by molar-refractivity contribution is 0.0695. The number of H-pyrrole nitrogens is 1. The maximum Gasteiger partial charge on any atom is 0.336 e. The molecule has 1 aliphatic heterocycles. The van der Waals surface area contributed by atoms with Crippen LogP contribution in [0, 0.1) is 6.92 Å². The molecule has 8 heteroatoms. The van der Waals surface area contributed by atoms with E-state index in [1.807, 2.05) is 18.3 Å². The van der Waals surface area contributed by atoms with E-state index in [0.717, 1.165) is 11.3 Å². The highest BCUT2D eigenvalue weighted by molar-refractivity contribution is 6.24. The molecule has 2 aromatic heterocycles. The summed E-state index contributed by atoms with van der Waals surface area (Å²) < 4.78 is 5.74. The second-order valence-corrected chi connectivity index (χ2v) is 8.14. The predicted octanol–water partition coefficient (Wildman–Crippen LogP) is 3.24. The Morgan fingerprint density at radius 3 is 2.80 bits per heavy atom. The van der Waals surface area contributed by atoms with Gasteiger partial charge in [0.05, 0.1) is 22.3 Å². The Bertz CT molecular complexity index is 1250. The number of carbonyl (C=O) groups is 1. The lowest BCUT2D eigenvalue weighted by atomic mass is 10.0. The number of nitrogens with zero attached hydrogens (tertiary/aromatic N) is 3. The number of aromatic carboxylic acids is 1. The van der Waals surface area contributed by atoms with Gasteiger partial charge >= 0.3 is 12.0 Å². The number of hydrogen-bond acceptors (Lipinski definition) is 5. The van der Waals surface area contributed by atoms with E-state index in [9.17, 15) is 9.90 Å². The third kappa shape index (κ3) is 3.57. The molecule has 152 valence electrons. The number of fused-ring (bicyclic) bond motifs is 1. The Morgan fingerprint density at radius 1 is 1.27 bits per heavy atom. The zero-order chi connectivity index (χ0) is 20.8. The van der Waals surface area contributed by atoms with Crippen molar-refractivity contribution in [2.75, 3.05) is 0 Å². The molecule has 7 nitrogen and oxygen atoms in total. The molecule has 30 heavy (non-hydrogen) atoms. The van der Waals surface area contributed by atoms with Crippen molar-refractivity contribution >= 4 is 23.6 Å². The summed E-state index contributed by atoms with van der Waals surface area (Å²) in [6.45, 7) is 1.74. The largest absolute Gasteiger partial charge is 0.478 e. The highest BCUT2D eigenvalue weighted by Crippen LogP contribution is 2.39. The van der Waals surface area contributed by atoms with Crippen molar-refractivity contribution in [1.82, 2.24) is 15.0 Å². The van der Waals surface area contributed by atoms with Crippen molar-refractivity contribution in [1.29, 1.82) is 0 Å². The first-order valence-electron chi connectivity index (χ1n) is 9.75. The molecule has 2 atom stereocenters. The molecule has 2 N–H and O–H groups in total. The number of ether oxygens (including phenoxy) is 1. The average Bonchev–Trinajstić information content (AvgIpc) is 3.50. The molecule has 5 rings (SSSR count). The number of rotatable bonds is 5. The fourth-order valence-corrected chi connectivity index (χ4v) is 3.88. The highest BCUT2D eigenvalue weighted by Gasteiger charge is 2.27. The number of carboxylic acid groups (broad SMARTS) is 1. The van der Waals surface area contributed by atoms with Crippen molar-refractivity contribution in [3.05, 3.63) is 69.7 Å². The minimum atomic E-state index is -1.01. The molecule has 0 radical (unpaired) electrons. The number of alkyl halides is 1. The molecule has 0 bridgehead atoms. The summed E-state index contributed by atoms with van der Waals surface area (Å²) in [5, 5.41) is 9.61. The number of aryl methyl sites for hydroxylation is 1. The maximum absolute atomic E-state index is 11.3. The first-order chi connectivity index (χ1) is 14.5. The minimum Gasteiger partial charge on any atom is -0.478 e. The van der Waals surface area contributed by atoms with Gasteiger partial charge in [0, 0.05) is 17.8 Å². The van der Waals surface area contributed by atoms with Crippen molar-refractivity contribution in [3.8, 4) is 11.8 Å². The molecule has 0 amide bonds. The first-order valence-corrected chi connectivity index (χ1v) is 10.2. The molecule has 1 aromatic carbocycles. The number of benzene rings is 1. The van der Waals surface area contributed by atoms with E-state index in [1.165, 1.54) is 18.9 Å². The highest BCUT2D eigenvalue weighted by atomic mass is 35.5. The van der Waals surface area contributed by atoms with Crippen LogP contribution in [0.5, 0.6) is 11.8 Å². The molecule has 2 unspecified atom stereocenters. The number of carboxylic acids is 1. The van der Waals surface area contributed by atoms with Crippen LogP contribution >= 0.6 is 11.6 Å². The summed E-state index contributed by atoms with van der Waals surface area (Å²) in [4.78, 5) is 28.0. The quantitative estimate of drug-likeness (QED) is 0.615. The molecule has 2 aliphatic rings. The van der Waals surface area contributed by atoms with Crippen LogP contribution in [0.4, 0.5) is 0 Å². The molecular weight excluding hydrogens is 404 g/mol. The third-order valence-corrected chi connectivity index (χ3v) is 5.74. The Morgan fingerprint density at radius 2 is 2.10 bits per heavy atom. The summed E-state index contributed by atoms with van der Waals surface area (Å²) in [6.07, 6.45) is 6.13. The van der Waals surface area contributed by atoms with Gasteiger partial charge in [-0.1, -0.05) is 12.1 Å².